The zero-order valence-electron chi connectivity index (χ0n) is 14.3. The van der Waals surface area contributed by atoms with Crippen LogP contribution in [0.4, 0.5) is 0 Å². The topological polar surface area (TPSA) is 96.7 Å². The third-order valence-electron chi connectivity index (χ3n) is 4.39. The van der Waals surface area contributed by atoms with Crippen LogP contribution in [0.25, 0.3) is 0 Å². The van der Waals surface area contributed by atoms with E-state index in [0.717, 1.165) is 0 Å². The number of hydrogen-bond donors (Lipinski definition) is 1. The number of sulfonamides is 1. The van der Waals surface area contributed by atoms with E-state index >= 15 is 0 Å². The molecule has 1 aromatic carbocycles. The maximum absolute atomic E-state index is 12.9. The van der Waals surface area contributed by atoms with Gasteiger partial charge in [-0.05, 0) is 44.0 Å². The molecule has 138 valence electrons. The van der Waals surface area contributed by atoms with Crippen molar-refractivity contribution in [1.29, 1.82) is 0 Å². The molecule has 0 spiro atoms. The average Bonchev–Trinajstić information content (AvgIpc) is 3.31. The molecular formula is C18H20N2O5S. The number of furan rings is 1. The number of hydrogen-bond acceptors (Lipinski definition) is 5. The van der Waals surface area contributed by atoms with Gasteiger partial charge in [0.2, 0.25) is 15.9 Å². The highest BCUT2D eigenvalue weighted by molar-refractivity contribution is 7.89. The summed E-state index contributed by atoms with van der Waals surface area (Å²) in [6, 6.07) is 8.49. The van der Waals surface area contributed by atoms with E-state index in [4.69, 9.17) is 4.42 Å². The first-order valence-electron chi connectivity index (χ1n) is 8.32. The fourth-order valence-electron chi connectivity index (χ4n) is 2.99. The minimum Gasteiger partial charge on any atom is -0.467 e. The number of benzene rings is 1. The molecule has 8 heteroatoms. The summed E-state index contributed by atoms with van der Waals surface area (Å²) in [5.74, 6) is 0.124. The fourth-order valence-corrected chi connectivity index (χ4v) is 4.65. The Morgan fingerprint density at radius 2 is 1.96 bits per heavy atom. The molecule has 1 aliphatic heterocycles. The Morgan fingerprint density at radius 1 is 1.23 bits per heavy atom. The van der Waals surface area contributed by atoms with Crippen LogP contribution in [-0.4, -0.2) is 37.0 Å². The normalized spacial score (nSPS) is 18.0. The number of nitrogens with one attached hydrogen (secondary N) is 1. The van der Waals surface area contributed by atoms with Gasteiger partial charge in [0.15, 0.2) is 5.78 Å². The molecule has 2 aromatic rings. The lowest BCUT2D eigenvalue weighted by Crippen LogP contribution is -2.45. The smallest absolute Gasteiger partial charge is 0.243 e. The molecule has 7 nitrogen and oxygen atoms in total. The molecule has 1 fully saturated rings. The van der Waals surface area contributed by atoms with Gasteiger partial charge < -0.3 is 9.73 Å². The zero-order chi connectivity index (χ0) is 18.7. The van der Waals surface area contributed by atoms with Crippen LogP contribution < -0.4 is 5.32 Å². The Kier molecular flexibility index (Phi) is 5.24. The van der Waals surface area contributed by atoms with Gasteiger partial charge in [0.25, 0.3) is 0 Å². The van der Waals surface area contributed by atoms with Crippen molar-refractivity contribution >= 4 is 21.7 Å². The molecule has 26 heavy (non-hydrogen) atoms. The largest absolute Gasteiger partial charge is 0.467 e. The second-order valence-corrected chi connectivity index (χ2v) is 8.04. The molecule has 1 amide bonds. The zero-order valence-corrected chi connectivity index (χ0v) is 15.2. The lowest BCUT2D eigenvalue weighted by Gasteiger charge is -2.23. The Morgan fingerprint density at radius 3 is 2.58 bits per heavy atom. The van der Waals surface area contributed by atoms with E-state index in [1.165, 1.54) is 41.8 Å². The highest BCUT2D eigenvalue weighted by Gasteiger charge is 2.39. The molecular weight excluding hydrogens is 356 g/mol. The van der Waals surface area contributed by atoms with Gasteiger partial charge in [-0.15, -0.1) is 0 Å². The van der Waals surface area contributed by atoms with E-state index in [2.05, 4.69) is 5.32 Å². The van der Waals surface area contributed by atoms with Gasteiger partial charge in [0.05, 0.1) is 17.7 Å². The van der Waals surface area contributed by atoms with E-state index in [1.54, 1.807) is 12.1 Å². The fraction of sp³-hybridized carbons (Fsp3) is 0.333. The number of carbonyl (C=O) groups excluding carboxylic acids is 2. The molecule has 1 atom stereocenters. The number of carbonyl (C=O) groups is 2. The van der Waals surface area contributed by atoms with Crippen molar-refractivity contribution in [1.82, 2.24) is 9.62 Å². The first kappa shape index (κ1) is 18.3. The minimum atomic E-state index is -3.81. The van der Waals surface area contributed by atoms with Crippen LogP contribution in [0.2, 0.25) is 0 Å². The minimum absolute atomic E-state index is 0.0771. The SMILES string of the molecule is CC(=O)c1ccc(S(=O)(=O)N2CCCC2C(=O)NCc2ccco2)cc1. The maximum Gasteiger partial charge on any atom is 0.243 e. The van der Waals surface area contributed by atoms with Crippen LogP contribution in [0.15, 0.2) is 52.0 Å². The van der Waals surface area contributed by atoms with Gasteiger partial charge >= 0.3 is 0 Å². The van der Waals surface area contributed by atoms with Crippen LogP contribution in [0.3, 0.4) is 0 Å². The van der Waals surface area contributed by atoms with Crippen LogP contribution >= 0.6 is 0 Å². The molecule has 0 aliphatic carbocycles. The Bertz CT molecular complexity index is 888. The van der Waals surface area contributed by atoms with Gasteiger partial charge in [-0.1, -0.05) is 12.1 Å². The van der Waals surface area contributed by atoms with E-state index in [9.17, 15) is 18.0 Å². The van der Waals surface area contributed by atoms with Crippen molar-refractivity contribution in [2.75, 3.05) is 6.54 Å². The molecule has 3 rings (SSSR count). The summed E-state index contributed by atoms with van der Waals surface area (Å²) < 4.78 is 32.2. The van der Waals surface area contributed by atoms with E-state index < -0.39 is 16.1 Å². The molecule has 0 saturated carbocycles. The summed E-state index contributed by atoms with van der Waals surface area (Å²) in [4.78, 5) is 23.9. The van der Waals surface area contributed by atoms with Gasteiger partial charge in [-0.25, -0.2) is 8.42 Å². The summed E-state index contributed by atoms with van der Waals surface area (Å²) in [6.07, 6.45) is 2.59. The number of Topliss-reactive ketones (excluding diaryl/α,β-unsaturated/α-hetero) is 1. The quantitative estimate of drug-likeness (QED) is 0.777. The molecule has 1 N–H and O–H groups in total. The monoisotopic (exact) mass is 376 g/mol. The summed E-state index contributed by atoms with van der Waals surface area (Å²) in [6.45, 7) is 1.92. The predicted octanol–water partition coefficient (Wildman–Crippen LogP) is 1.95. The molecule has 1 aromatic heterocycles. The second kappa shape index (κ2) is 7.43. The third-order valence-corrected chi connectivity index (χ3v) is 6.31. The Hall–Kier alpha value is -2.45. The van der Waals surface area contributed by atoms with Crippen LogP contribution in [0.1, 0.15) is 35.9 Å². The number of nitrogens with zero attached hydrogens (tertiary/aromatic N) is 1. The first-order valence-corrected chi connectivity index (χ1v) is 9.76. The lowest BCUT2D eigenvalue weighted by atomic mass is 10.2. The van der Waals surface area contributed by atoms with E-state index in [0.29, 0.717) is 24.2 Å². The van der Waals surface area contributed by atoms with Gasteiger partial charge in [-0.3, -0.25) is 9.59 Å². The van der Waals surface area contributed by atoms with Crippen molar-refractivity contribution in [3.05, 3.63) is 54.0 Å². The van der Waals surface area contributed by atoms with Crippen LogP contribution in [-0.2, 0) is 21.4 Å². The Labute approximate surface area is 152 Å². The van der Waals surface area contributed by atoms with Crippen molar-refractivity contribution in [2.45, 2.75) is 37.2 Å². The van der Waals surface area contributed by atoms with Crippen LogP contribution in [0.5, 0.6) is 0 Å². The summed E-state index contributed by atoms with van der Waals surface area (Å²) in [5, 5.41) is 2.72. The van der Waals surface area contributed by atoms with E-state index in [-0.39, 0.29) is 29.7 Å². The second-order valence-electron chi connectivity index (χ2n) is 6.15. The molecule has 1 aliphatic rings. The predicted molar refractivity (Wildman–Crippen MR) is 93.9 cm³/mol. The summed E-state index contributed by atoms with van der Waals surface area (Å²) in [5.41, 5.74) is 0.443. The highest BCUT2D eigenvalue weighted by atomic mass is 32.2. The average molecular weight is 376 g/mol. The Balaban J connectivity index is 1.75. The van der Waals surface area contributed by atoms with Crippen molar-refractivity contribution in [3.8, 4) is 0 Å². The summed E-state index contributed by atoms with van der Waals surface area (Å²) in [7, 11) is -3.81. The lowest BCUT2D eigenvalue weighted by molar-refractivity contribution is -0.124. The highest BCUT2D eigenvalue weighted by Crippen LogP contribution is 2.26. The maximum atomic E-state index is 12.9. The van der Waals surface area contributed by atoms with Crippen molar-refractivity contribution < 1.29 is 22.4 Å². The number of rotatable bonds is 6. The third kappa shape index (κ3) is 3.71. The standard InChI is InChI=1S/C18H20N2O5S/c1-13(21)14-6-8-16(9-7-14)26(23,24)20-10-2-5-17(20)18(22)19-12-15-4-3-11-25-15/h3-4,6-9,11,17H,2,5,10,12H2,1H3,(H,19,22). The van der Waals surface area contributed by atoms with Crippen molar-refractivity contribution in [2.24, 2.45) is 0 Å². The molecule has 1 saturated heterocycles. The number of amides is 1. The molecule has 1 unspecified atom stereocenters. The van der Waals surface area contributed by atoms with Crippen molar-refractivity contribution in [3.63, 3.8) is 0 Å². The van der Waals surface area contributed by atoms with Gasteiger partial charge in [0.1, 0.15) is 11.8 Å². The molecule has 0 radical (unpaired) electrons. The summed E-state index contributed by atoms with van der Waals surface area (Å²) >= 11 is 0. The first-order chi connectivity index (χ1) is 12.4. The van der Waals surface area contributed by atoms with Crippen LogP contribution in [0, 0.1) is 0 Å². The molecule has 0 bridgehead atoms. The molecule has 2 heterocycles. The van der Waals surface area contributed by atoms with E-state index in [1.807, 2.05) is 0 Å². The van der Waals surface area contributed by atoms with Gasteiger partial charge in [0, 0.05) is 12.1 Å². The van der Waals surface area contributed by atoms with Gasteiger partial charge in [-0.2, -0.15) is 4.31 Å². The number of ketones is 1.